The average molecular weight is 348 g/mol. The van der Waals surface area contributed by atoms with Crippen molar-refractivity contribution in [2.45, 2.75) is 19.1 Å². The lowest BCUT2D eigenvalue weighted by Crippen LogP contribution is -2.33. The fourth-order valence-corrected chi connectivity index (χ4v) is 3.79. The summed E-state index contributed by atoms with van der Waals surface area (Å²) in [6.45, 7) is 3.49. The normalized spacial score (nSPS) is 30.3. The van der Waals surface area contributed by atoms with Gasteiger partial charge in [-0.2, -0.15) is 0 Å². The number of rotatable bonds is 4. The van der Waals surface area contributed by atoms with Crippen LogP contribution in [0.4, 0.5) is 20.6 Å². The van der Waals surface area contributed by atoms with Gasteiger partial charge in [0.2, 0.25) is 5.91 Å². The van der Waals surface area contributed by atoms with E-state index >= 15 is 0 Å². The van der Waals surface area contributed by atoms with Crippen LogP contribution in [0.1, 0.15) is 6.92 Å². The highest BCUT2D eigenvalue weighted by Crippen LogP contribution is 2.45. The summed E-state index contributed by atoms with van der Waals surface area (Å²) in [5.41, 5.74) is 6.93. The van der Waals surface area contributed by atoms with Gasteiger partial charge >= 0.3 is 6.09 Å². The van der Waals surface area contributed by atoms with Crippen LogP contribution in [0.3, 0.4) is 0 Å². The molecule has 3 aliphatic rings. The second-order valence-corrected chi connectivity index (χ2v) is 7.00. The zero-order valence-corrected chi connectivity index (χ0v) is 13.9. The zero-order chi connectivity index (χ0) is 17.7. The Hall–Kier alpha value is -2.35. The van der Waals surface area contributed by atoms with Crippen molar-refractivity contribution in [3.8, 4) is 0 Å². The maximum Gasteiger partial charge on any atom is 0.414 e. The van der Waals surface area contributed by atoms with Crippen molar-refractivity contribution in [2.75, 3.05) is 36.0 Å². The molecule has 0 spiro atoms. The highest BCUT2D eigenvalue weighted by molar-refractivity contribution is 5.90. The third-order valence-electron chi connectivity index (χ3n) is 5.30. The van der Waals surface area contributed by atoms with Crippen LogP contribution in [0, 0.1) is 17.7 Å². The first-order chi connectivity index (χ1) is 11.9. The second kappa shape index (κ2) is 5.87. The minimum atomic E-state index is -0.532. The molecule has 4 atom stereocenters. The summed E-state index contributed by atoms with van der Waals surface area (Å²) in [7, 11) is 0. The van der Waals surface area contributed by atoms with Gasteiger partial charge in [0.15, 0.2) is 0 Å². The van der Waals surface area contributed by atoms with E-state index in [-0.39, 0.29) is 30.9 Å². The van der Waals surface area contributed by atoms with E-state index in [0.29, 0.717) is 23.2 Å². The monoisotopic (exact) mass is 348 g/mol. The molecule has 1 aromatic rings. The molecular formula is C17H21FN4O3. The number of fused-ring (bicyclic) bond motifs is 1. The molecule has 25 heavy (non-hydrogen) atoms. The standard InChI is InChI=1S/C17H21FN4O3/c1-9(23)20-5-11-6-22(17(24)25-11)10-2-3-15(14(18)4-10)21-7-12-13(8-21)16(12)19/h2-4,11-13,16H,5-8,19H2,1H3,(H,20,23)/t11-,12-,13+,16?/m0/s1. The number of benzene rings is 1. The molecule has 2 amide bonds. The van der Waals surface area contributed by atoms with Gasteiger partial charge in [-0.05, 0) is 30.0 Å². The number of ether oxygens (including phenoxy) is 1. The number of amides is 2. The molecule has 1 aliphatic carbocycles. The van der Waals surface area contributed by atoms with Crippen LogP contribution >= 0.6 is 0 Å². The summed E-state index contributed by atoms with van der Waals surface area (Å²) in [5, 5.41) is 2.62. The Labute approximate surface area is 144 Å². The maximum absolute atomic E-state index is 14.6. The number of anilines is 2. The molecule has 1 unspecified atom stereocenters. The Morgan fingerprint density at radius 2 is 2.08 bits per heavy atom. The van der Waals surface area contributed by atoms with Gasteiger partial charge < -0.3 is 20.7 Å². The predicted molar refractivity (Wildman–Crippen MR) is 89.9 cm³/mol. The van der Waals surface area contributed by atoms with Crippen LogP contribution in [0.2, 0.25) is 0 Å². The zero-order valence-electron chi connectivity index (χ0n) is 13.9. The van der Waals surface area contributed by atoms with Gasteiger partial charge in [-0.1, -0.05) is 0 Å². The van der Waals surface area contributed by atoms with Crippen LogP contribution < -0.4 is 20.9 Å². The summed E-state index contributed by atoms with van der Waals surface area (Å²) in [4.78, 5) is 26.4. The Morgan fingerprint density at radius 3 is 2.72 bits per heavy atom. The van der Waals surface area contributed by atoms with E-state index in [1.165, 1.54) is 17.9 Å². The van der Waals surface area contributed by atoms with Gasteiger partial charge in [-0.3, -0.25) is 9.69 Å². The molecule has 2 heterocycles. The van der Waals surface area contributed by atoms with Crippen LogP contribution in [-0.2, 0) is 9.53 Å². The second-order valence-electron chi connectivity index (χ2n) is 7.00. The number of halogens is 1. The van der Waals surface area contributed by atoms with E-state index in [4.69, 9.17) is 10.5 Å². The van der Waals surface area contributed by atoms with Gasteiger partial charge in [-0.15, -0.1) is 0 Å². The van der Waals surface area contributed by atoms with Crippen molar-refractivity contribution in [3.05, 3.63) is 24.0 Å². The third kappa shape index (κ3) is 2.90. The number of carbonyl (C=O) groups excluding carboxylic acids is 2. The number of nitrogens with one attached hydrogen (secondary N) is 1. The molecule has 0 aromatic heterocycles. The van der Waals surface area contributed by atoms with Crippen molar-refractivity contribution in [1.29, 1.82) is 0 Å². The number of nitrogens with two attached hydrogens (primary N) is 1. The predicted octanol–water partition coefficient (Wildman–Crippen LogP) is 0.680. The van der Waals surface area contributed by atoms with Gasteiger partial charge in [0, 0.05) is 26.1 Å². The van der Waals surface area contributed by atoms with Crippen molar-refractivity contribution < 1.29 is 18.7 Å². The smallest absolute Gasteiger partial charge is 0.414 e. The molecule has 1 aromatic carbocycles. The first-order valence-electron chi connectivity index (χ1n) is 8.46. The van der Waals surface area contributed by atoms with E-state index in [9.17, 15) is 14.0 Å². The molecule has 7 nitrogen and oxygen atoms in total. The number of nitrogens with zero attached hydrogens (tertiary/aromatic N) is 2. The quantitative estimate of drug-likeness (QED) is 0.835. The average Bonchev–Trinajstić information content (AvgIpc) is 2.95. The number of hydrogen-bond acceptors (Lipinski definition) is 5. The Bertz CT molecular complexity index is 716. The fourth-order valence-electron chi connectivity index (χ4n) is 3.79. The molecule has 134 valence electrons. The van der Waals surface area contributed by atoms with E-state index in [1.54, 1.807) is 12.1 Å². The van der Waals surface area contributed by atoms with Gasteiger partial charge in [0.1, 0.15) is 11.9 Å². The van der Waals surface area contributed by atoms with Crippen LogP contribution in [-0.4, -0.2) is 50.3 Å². The Balaban J connectivity index is 1.44. The van der Waals surface area contributed by atoms with Crippen molar-refractivity contribution in [1.82, 2.24) is 5.32 Å². The molecular weight excluding hydrogens is 327 g/mol. The maximum atomic E-state index is 14.6. The number of piperidine rings is 1. The number of carbonyl (C=O) groups is 2. The summed E-state index contributed by atoms with van der Waals surface area (Å²) in [5.74, 6) is 0.406. The third-order valence-corrected chi connectivity index (χ3v) is 5.30. The lowest BCUT2D eigenvalue weighted by Gasteiger charge is -2.23. The summed E-state index contributed by atoms with van der Waals surface area (Å²) < 4.78 is 19.8. The minimum absolute atomic E-state index is 0.187. The summed E-state index contributed by atoms with van der Waals surface area (Å²) in [6.07, 6.45) is -0.970. The Kier molecular flexibility index (Phi) is 3.79. The fraction of sp³-hybridized carbons (Fsp3) is 0.529. The summed E-state index contributed by atoms with van der Waals surface area (Å²) in [6, 6.07) is 5.06. The number of hydrogen-bond donors (Lipinski definition) is 2. The van der Waals surface area contributed by atoms with E-state index in [0.717, 1.165) is 13.1 Å². The van der Waals surface area contributed by atoms with Crippen LogP contribution in [0.15, 0.2) is 18.2 Å². The van der Waals surface area contributed by atoms with Crippen LogP contribution in [0.25, 0.3) is 0 Å². The van der Waals surface area contributed by atoms with Gasteiger partial charge in [0.25, 0.3) is 0 Å². The lowest BCUT2D eigenvalue weighted by molar-refractivity contribution is -0.119. The largest absolute Gasteiger partial charge is 0.442 e. The van der Waals surface area contributed by atoms with Gasteiger partial charge in [-0.25, -0.2) is 9.18 Å². The molecule has 2 saturated heterocycles. The highest BCUT2D eigenvalue weighted by Gasteiger charge is 2.53. The number of cyclic esters (lactones) is 1. The SMILES string of the molecule is CC(=O)NC[C@H]1CN(c2ccc(N3C[C@@H]4C(N)[C@@H]4C3)c(F)c2)C(=O)O1. The van der Waals surface area contributed by atoms with E-state index in [2.05, 4.69) is 5.32 Å². The molecule has 3 fully saturated rings. The Morgan fingerprint density at radius 1 is 1.36 bits per heavy atom. The molecule has 2 aliphatic heterocycles. The molecule has 4 rings (SSSR count). The van der Waals surface area contributed by atoms with Gasteiger partial charge in [0.05, 0.1) is 24.5 Å². The van der Waals surface area contributed by atoms with Crippen molar-refractivity contribution >= 4 is 23.4 Å². The first kappa shape index (κ1) is 16.1. The van der Waals surface area contributed by atoms with Crippen LogP contribution in [0.5, 0.6) is 0 Å². The first-order valence-corrected chi connectivity index (χ1v) is 8.46. The molecule has 0 radical (unpaired) electrons. The molecule has 1 saturated carbocycles. The topological polar surface area (TPSA) is 87.9 Å². The highest BCUT2D eigenvalue weighted by atomic mass is 19.1. The van der Waals surface area contributed by atoms with E-state index < -0.39 is 12.2 Å². The lowest BCUT2D eigenvalue weighted by atomic mass is 10.2. The molecule has 8 heteroatoms. The molecule has 0 bridgehead atoms. The summed E-state index contributed by atoms with van der Waals surface area (Å²) >= 11 is 0. The van der Waals surface area contributed by atoms with E-state index in [1.807, 2.05) is 4.90 Å². The van der Waals surface area contributed by atoms with Crippen molar-refractivity contribution in [2.24, 2.45) is 17.6 Å². The van der Waals surface area contributed by atoms with Crippen molar-refractivity contribution in [3.63, 3.8) is 0 Å². The minimum Gasteiger partial charge on any atom is -0.442 e. The molecule has 3 N–H and O–H groups in total.